The van der Waals surface area contributed by atoms with Gasteiger partial charge in [-0.1, -0.05) is 30.3 Å². The van der Waals surface area contributed by atoms with Gasteiger partial charge in [-0.15, -0.1) is 0 Å². The molecule has 2 heterocycles. The molecule has 1 aromatic heterocycles. The molecule has 5 heteroatoms. The fraction of sp³-hybridized carbons (Fsp3) is 0.316. The summed E-state index contributed by atoms with van der Waals surface area (Å²) in [7, 11) is 1.72. The highest BCUT2D eigenvalue weighted by molar-refractivity contribution is 5.91. The number of hydrogen-bond donors (Lipinski definition) is 1. The number of morpholine rings is 1. The second-order valence-corrected chi connectivity index (χ2v) is 6.05. The number of H-pyrrole nitrogens is 1. The molecule has 124 valence electrons. The van der Waals surface area contributed by atoms with Crippen LogP contribution in [0, 0.1) is 0 Å². The fourth-order valence-corrected chi connectivity index (χ4v) is 3.43. The van der Waals surface area contributed by atoms with Crippen molar-refractivity contribution < 1.29 is 9.47 Å². The molecule has 1 fully saturated rings. The average molecular weight is 323 g/mol. The summed E-state index contributed by atoms with van der Waals surface area (Å²) in [5, 5.41) is 9.57. The highest BCUT2D eigenvalue weighted by Gasteiger charge is 2.26. The van der Waals surface area contributed by atoms with Gasteiger partial charge in [0.25, 0.3) is 0 Å². The Morgan fingerprint density at radius 1 is 1.21 bits per heavy atom. The topological polar surface area (TPSA) is 50.4 Å². The van der Waals surface area contributed by atoms with Crippen molar-refractivity contribution in [1.82, 2.24) is 15.1 Å². The van der Waals surface area contributed by atoms with Gasteiger partial charge in [0, 0.05) is 24.7 Å². The molecule has 1 atom stereocenters. The van der Waals surface area contributed by atoms with Gasteiger partial charge in [0.1, 0.15) is 5.75 Å². The van der Waals surface area contributed by atoms with Gasteiger partial charge in [-0.2, -0.15) is 5.10 Å². The minimum Gasteiger partial charge on any atom is -0.496 e. The molecule has 5 nitrogen and oxygen atoms in total. The molecule has 0 saturated carbocycles. The Hall–Kier alpha value is -2.37. The summed E-state index contributed by atoms with van der Waals surface area (Å²) in [5.41, 5.74) is 2.41. The normalized spacial score (nSPS) is 18.8. The first-order valence-corrected chi connectivity index (χ1v) is 8.22. The smallest absolute Gasteiger partial charge is 0.126 e. The number of hydrogen-bond acceptors (Lipinski definition) is 4. The third-order valence-electron chi connectivity index (χ3n) is 4.69. The molecule has 0 amide bonds. The van der Waals surface area contributed by atoms with Crippen LogP contribution in [0.5, 0.6) is 5.75 Å². The van der Waals surface area contributed by atoms with Gasteiger partial charge in [0.15, 0.2) is 0 Å². The lowest BCUT2D eigenvalue weighted by Crippen LogP contribution is -2.39. The van der Waals surface area contributed by atoms with Crippen LogP contribution in [-0.4, -0.2) is 42.0 Å². The number of benzene rings is 2. The van der Waals surface area contributed by atoms with Crippen molar-refractivity contribution in [2.45, 2.75) is 12.6 Å². The maximum Gasteiger partial charge on any atom is 0.126 e. The molecule has 1 unspecified atom stereocenters. The van der Waals surface area contributed by atoms with Crippen LogP contribution in [0.3, 0.4) is 0 Å². The summed E-state index contributed by atoms with van der Waals surface area (Å²) in [6.07, 6.45) is 1.80. The Bertz CT molecular complexity index is 817. The second kappa shape index (κ2) is 6.63. The average Bonchev–Trinajstić information content (AvgIpc) is 3.17. The number of aromatic nitrogens is 2. The molecule has 2 aromatic carbocycles. The first-order valence-electron chi connectivity index (χ1n) is 8.22. The van der Waals surface area contributed by atoms with E-state index in [4.69, 9.17) is 9.47 Å². The predicted octanol–water partition coefficient (Wildman–Crippen LogP) is 3.15. The minimum absolute atomic E-state index is 0.210. The van der Waals surface area contributed by atoms with Crippen LogP contribution in [0.1, 0.15) is 17.3 Å². The lowest BCUT2D eigenvalue weighted by Gasteiger charge is -2.35. The van der Waals surface area contributed by atoms with E-state index in [9.17, 15) is 0 Å². The Balaban J connectivity index is 1.68. The molecular weight excluding hydrogens is 302 g/mol. The van der Waals surface area contributed by atoms with E-state index in [1.807, 2.05) is 6.07 Å². The summed E-state index contributed by atoms with van der Waals surface area (Å²) < 4.78 is 11.2. The molecule has 0 aliphatic carbocycles. The van der Waals surface area contributed by atoms with Crippen LogP contribution in [0.4, 0.5) is 0 Å². The van der Waals surface area contributed by atoms with E-state index in [0.29, 0.717) is 6.61 Å². The van der Waals surface area contributed by atoms with Gasteiger partial charge in [-0.05, 0) is 23.1 Å². The number of fused-ring (bicyclic) bond motifs is 1. The van der Waals surface area contributed by atoms with Crippen molar-refractivity contribution in [3.05, 3.63) is 59.9 Å². The van der Waals surface area contributed by atoms with E-state index in [1.54, 1.807) is 13.3 Å². The Kier molecular flexibility index (Phi) is 4.19. The van der Waals surface area contributed by atoms with Gasteiger partial charge < -0.3 is 9.47 Å². The summed E-state index contributed by atoms with van der Waals surface area (Å²) >= 11 is 0. The van der Waals surface area contributed by atoms with Crippen molar-refractivity contribution in [1.29, 1.82) is 0 Å². The SMILES string of the molecule is COc1ccc(CN2CCOCC2c2ccn[nH]2)c2ccccc12. The van der Waals surface area contributed by atoms with Crippen molar-refractivity contribution >= 4 is 10.8 Å². The van der Waals surface area contributed by atoms with E-state index < -0.39 is 0 Å². The lowest BCUT2D eigenvalue weighted by atomic mass is 10.0. The Labute approximate surface area is 141 Å². The molecule has 1 aliphatic heterocycles. The third-order valence-corrected chi connectivity index (χ3v) is 4.69. The fourth-order valence-electron chi connectivity index (χ4n) is 3.43. The molecule has 1 saturated heterocycles. The van der Waals surface area contributed by atoms with Gasteiger partial charge in [0.2, 0.25) is 0 Å². The number of nitrogens with one attached hydrogen (secondary N) is 1. The molecule has 1 aliphatic rings. The van der Waals surface area contributed by atoms with Gasteiger partial charge in [-0.25, -0.2) is 0 Å². The number of methoxy groups -OCH3 is 1. The lowest BCUT2D eigenvalue weighted by molar-refractivity contribution is -0.0141. The zero-order valence-corrected chi connectivity index (χ0v) is 13.7. The van der Waals surface area contributed by atoms with E-state index in [1.165, 1.54) is 10.9 Å². The molecule has 1 N–H and O–H groups in total. The quantitative estimate of drug-likeness (QED) is 0.801. The minimum atomic E-state index is 0.210. The number of nitrogens with zero attached hydrogens (tertiary/aromatic N) is 2. The molecule has 0 radical (unpaired) electrons. The molecule has 3 aromatic rings. The van der Waals surface area contributed by atoms with E-state index >= 15 is 0 Å². The first kappa shape index (κ1) is 15.2. The number of ether oxygens (including phenoxy) is 2. The van der Waals surface area contributed by atoms with Crippen LogP contribution >= 0.6 is 0 Å². The predicted molar refractivity (Wildman–Crippen MR) is 93.1 cm³/mol. The molecule has 4 rings (SSSR count). The first-order chi connectivity index (χ1) is 11.9. The Morgan fingerprint density at radius 2 is 2.08 bits per heavy atom. The number of rotatable bonds is 4. The largest absolute Gasteiger partial charge is 0.496 e. The van der Waals surface area contributed by atoms with Crippen molar-refractivity contribution in [3.8, 4) is 5.75 Å². The highest BCUT2D eigenvalue weighted by Crippen LogP contribution is 2.31. The second-order valence-electron chi connectivity index (χ2n) is 6.05. The molecule has 0 spiro atoms. The molecule has 0 bridgehead atoms. The van der Waals surface area contributed by atoms with Crippen LogP contribution < -0.4 is 4.74 Å². The third kappa shape index (κ3) is 2.77. The standard InChI is InChI=1S/C19H21N3O2/c1-23-19-7-6-14(15-4-2-3-5-16(15)19)12-22-10-11-24-13-18(22)17-8-9-20-21-17/h2-9,18H,10-13H2,1H3,(H,20,21). The summed E-state index contributed by atoms with van der Waals surface area (Å²) in [6.45, 7) is 3.23. The maximum atomic E-state index is 5.69. The zero-order valence-electron chi connectivity index (χ0n) is 13.7. The molecular formula is C19H21N3O2. The van der Waals surface area contributed by atoms with Crippen molar-refractivity contribution in [2.75, 3.05) is 26.9 Å². The van der Waals surface area contributed by atoms with Crippen LogP contribution in [0.2, 0.25) is 0 Å². The number of aromatic amines is 1. The van der Waals surface area contributed by atoms with Gasteiger partial charge >= 0.3 is 0 Å². The van der Waals surface area contributed by atoms with Crippen molar-refractivity contribution in [3.63, 3.8) is 0 Å². The summed E-state index contributed by atoms with van der Waals surface area (Å²) in [6, 6.07) is 14.9. The van der Waals surface area contributed by atoms with Crippen LogP contribution in [0.15, 0.2) is 48.7 Å². The zero-order chi connectivity index (χ0) is 16.4. The van der Waals surface area contributed by atoms with Gasteiger partial charge in [-0.3, -0.25) is 10.00 Å². The van der Waals surface area contributed by atoms with E-state index in [2.05, 4.69) is 51.5 Å². The summed E-state index contributed by atoms with van der Waals surface area (Å²) in [5.74, 6) is 0.918. The molecule has 24 heavy (non-hydrogen) atoms. The monoisotopic (exact) mass is 323 g/mol. The van der Waals surface area contributed by atoms with E-state index in [-0.39, 0.29) is 6.04 Å². The van der Waals surface area contributed by atoms with Crippen molar-refractivity contribution in [2.24, 2.45) is 0 Å². The Morgan fingerprint density at radius 3 is 2.88 bits per heavy atom. The summed E-state index contributed by atoms with van der Waals surface area (Å²) in [4.78, 5) is 2.45. The van der Waals surface area contributed by atoms with Crippen LogP contribution in [0.25, 0.3) is 10.8 Å². The highest BCUT2D eigenvalue weighted by atomic mass is 16.5. The van der Waals surface area contributed by atoms with Gasteiger partial charge in [0.05, 0.1) is 32.1 Å². The maximum absolute atomic E-state index is 5.69. The van der Waals surface area contributed by atoms with E-state index in [0.717, 1.165) is 36.5 Å². The van der Waals surface area contributed by atoms with Crippen LogP contribution in [-0.2, 0) is 11.3 Å².